The molecular weight excluding hydrogens is 268 g/mol. The number of aliphatic hydroxyl groups is 1. The second-order valence-electron chi connectivity index (χ2n) is 5.11. The predicted molar refractivity (Wildman–Crippen MR) is 82.2 cm³/mol. The minimum atomic E-state index is 0.200. The molecule has 1 aliphatic rings. The molecule has 0 saturated carbocycles. The lowest BCUT2D eigenvalue weighted by Gasteiger charge is -2.18. The second-order valence-corrected chi connectivity index (χ2v) is 5.50. The van der Waals surface area contributed by atoms with Crippen LogP contribution in [0, 0.1) is 4.64 Å². The van der Waals surface area contributed by atoms with Crippen molar-refractivity contribution in [1.29, 1.82) is 0 Å². The van der Waals surface area contributed by atoms with E-state index in [9.17, 15) is 0 Å². The van der Waals surface area contributed by atoms with Gasteiger partial charge in [0, 0.05) is 30.0 Å². The van der Waals surface area contributed by atoms with Crippen molar-refractivity contribution >= 4 is 12.2 Å². The van der Waals surface area contributed by atoms with Crippen LogP contribution in [0.5, 0.6) is 0 Å². The standard InChI is InChI=1S/C16H18N2OS/c19-11-5-10-18-14-9-4-8-13(14)16(20)17-15(18)12-6-2-1-3-7-12/h1-3,6-7,19H,4-5,8-11H2. The van der Waals surface area contributed by atoms with E-state index < -0.39 is 0 Å². The van der Waals surface area contributed by atoms with Gasteiger partial charge in [0.25, 0.3) is 0 Å². The van der Waals surface area contributed by atoms with Crippen LogP contribution in [0.2, 0.25) is 0 Å². The maximum atomic E-state index is 9.14. The first kappa shape index (κ1) is 13.5. The van der Waals surface area contributed by atoms with Gasteiger partial charge in [0.2, 0.25) is 0 Å². The Balaban J connectivity index is 2.18. The van der Waals surface area contributed by atoms with Crippen LogP contribution in [-0.2, 0) is 19.4 Å². The third-order valence-electron chi connectivity index (χ3n) is 3.81. The molecule has 0 radical (unpaired) electrons. The molecule has 3 nitrogen and oxygen atoms in total. The van der Waals surface area contributed by atoms with Gasteiger partial charge in [0.05, 0.1) is 0 Å². The summed E-state index contributed by atoms with van der Waals surface area (Å²) in [6.45, 7) is 0.997. The topological polar surface area (TPSA) is 38.0 Å². The lowest BCUT2D eigenvalue weighted by atomic mass is 10.1. The highest BCUT2D eigenvalue weighted by Gasteiger charge is 2.20. The second kappa shape index (κ2) is 5.85. The number of aliphatic hydroxyl groups excluding tert-OH is 1. The van der Waals surface area contributed by atoms with Gasteiger partial charge in [-0.05, 0) is 25.7 Å². The Kier molecular flexibility index (Phi) is 3.94. The summed E-state index contributed by atoms with van der Waals surface area (Å²) in [6, 6.07) is 10.2. The van der Waals surface area contributed by atoms with Crippen molar-refractivity contribution in [3.63, 3.8) is 0 Å². The van der Waals surface area contributed by atoms with Crippen molar-refractivity contribution in [3.8, 4) is 11.4 Å². The molecule has 2 aromatic rings. The van der Waals surface area contributed by atoms with Gasteiger partial charge in [0.15, 0.2) is 0 Å². The van der Waals surface area contributed by atoms with E-state index in [1.54, 1.807) is 0 Å². The number of hydrogen-bond acceptors (Lipinski definition) is 3. The maximum Gasteiger partial charge on any atom is 0.141 e. The fraction of sp³-hybridized carbons (Fsp3) is 0.375. The summed E-state index contributed by atoms with van der Waals surface area (Å²) in [5.41, 5.74) is 3.64. The molecule has 1 aliphatic carbocycles. The third-order valence-corrected chi connectivity index (χ3v) is 4.15. The zero-order valence-corrected chi connectivity index (χ0v) is 12.2. The Morgan fingerprint density at radius 1 is 1.20 bits per heavy atom. The summed E-state index contributed by atoms with van der Waals surface area (Å²) >= 11 is 5.46. The minimum absolute atomic E-state index is 0.200. The molecule has 3 rings (SSSR count). The highest BCUT2D eigenvalue weighted by atomic mass is 32.1. The van der Waals surface area contributed by atoms with Crippen molar-refractivity contribution < 1.29 is 5.11 Å². The Morgan fingerprint density at radius 2 is 2.00 bits per heavy atom. The highest BCUT2D eigenvalue weighted by Crippen LogP contribution is 2.28. The average Bonchev–Trinajstić information content (AvgIpc) is 2.97. The van der Waals surface area contributed by atoms with E-state index in [0.29, 0.717) is 0 Å². The quantitative estimate of drug-likeness (QED) is 0.877. The van der Waals surface area contributed by atoms with E-state index in [0.717, 1.165) is 48.3 Å². The molecule has 20 heavy (non-hydrogen) atoms. The average molecular weight is 286 g/mol. The molecule has 0 saturated heterocycles. The predicted octanol–water partition coefficient (Wildman–Crippen LogP) is 3.15. The number of rotatable bonds is 4. The zero-order valence-electron chi connectivity index (χ0n) is 11.4. The summed E-state index contributed by atoms with van der Waals surface area (Å²) in [7, 11) is 0. The van der Waals surface area contributed by atoms with Crippen LogP contribution in [0.15, 0.2) is 30.3 Å². The normalized spacial score (nSPS) is 13.4. The molecular formula is C16H18N2OS. The molecule has 1 aromatic carbocycles. The first-order valence-corrected chi connectivity index (χ1v) is 7.51. The van der Waals surface area contributed by atoms with Crippen molar-refractivity contribution in [3.05, 3.63) is 46.2 Å². The molecule has 0 bridgehead atoms. The first-order valence-electron chi connectivity index (χ1n) is 7.10. The molecule has 0 aliphatic heterocycles. The first-order chi connectivity index (χ1) is 9.81. The van der Waals surface area contributed by atoms with Crippen molar-refractivity contribution in [2.45, 2.75) is 32.2 Å². The fourth-order valence-electron chi connectivity index (χ4n) is 2.89. The monoisotopic (exact) mass is 286 g/mol. The van der Waals surface area contributed by atoms with E-state index in [1.165, 1.54) is 11.3 Å². The van der Waals surface area contributed by atoms with Crippen molar-refractivity contribution in [2.75, 3.05) is 6.61 Å². The SMILES string of the molecule is OCCCn1c(-c2ccccc2)nc(=S)c2c1CCC2. The summed E-state index contributed by atoms with van der Waals surface area (Å²) in [4.78, 5) is 4.66. The molecule has 0 spiro atoms. The smallest absolute Gasteiger partial charge is 0.141 e. The summed E-state index contributed by atoms with van der Waals surface area (Å²) in [5, 5.41) is 9.14. The van der Waals surface area contributed by atoms with Crippen LogP contribution in [0.25, 0.3) is 11.4 Å². The minimum Gasteiger partial charge on any atom is -0.396 e. The van der Waals surface area contributed by atoms with Crippen molar-refractivity contribution in [2.24, 2.45) is 0 Å². The largest absolute Gasteiger partial charge is 0.396 e. The van der Waals surface area contributed by atoms with Gasteiger partial charge in [-0.3, -0.25) is 0 Å². The Hall–Kier alpha value is -1.52. The van der Waals surface area contributed by atoms with Gasteiger partial charge in [-0.1, -0.05) is 42.5 Å². The molecule has 1 aromatic heterocycles. The van der Waals surface area contributed by atoms with Crippen LogP contribution >= 0.6 is 12.2 Å². The van der Waals surface area contributed by atoms with E-state index in [4.69, 9.17) is 17.3 Å². The summed E-state index contributed by atoms with van der Waals surface area (Å²) in [5.74, 6) is 0.935. The van der Waals surface area contributed by atoms with E-state index in [2.05, 4.69) is 21.7 Å². The Bertz CT molecular complexity index is 664. The molecule has 4 heteroatoms. The van der Waals surface area contributed by atoms with E-state index in [1.807, 2.05) is 18.2 Å². The highest BCUT2D eigenvalue weighted by molar-refractivity contribution is 7.71. The molecule has 1 heterocycles. The molecule has 0 fully saturated rings. The zero-order chi connectivity index (χ0) is 13.9. The molecule has 0 atom stereocenters. The van der Waals surface area contributed by atoms with Crippen LogP contribution in [0.3, 0.4) is 0 Å². The maximum absolute atomic E-state index is 9.14. The van der Waals surface area contributed by atoms with Crippen LogP contribution in [0.4, 0.5) is 0 Å². The number of nitrogens with zero attached hydrogens (tertiary/aromatic N) is 2. The molecule has 104 valence electrons. The van der Waals surface area contributed by atoms with Crippen LogP contribution < -0.4 is 0 Å². The van der Waals surface area contributed by atoms with Gasteiger partial charge in [-0.15, -0.1) is 0 Å². The lowest BCUT2D eigenvalue weighted by molar-refractivity contribution is 0.279. The molecule has 0 amide bonds. The lowest BCUT2D eigenvalue weighted by Crippen LogP contribution is -2.13. The molecule has 0 unspecified atom stereocenters. The Morgan fingerprint density at radius 3 is 2.75 bits per heavy atom. The molecule has 1 N–H and O–H groups in total. The van der Waals surface area contributed by atoms with Crippen LogP contribution in [0.1, 0.15) is 24.1 Å². The van der Waals surface area contributed by atoms with E-state index in [-0.39, 0.29) is 6.61 Å². The van der Waals surface area contributed by atoms with Gasteiger partial charge >= 0.3 is 0 Å². The van der Waals surface area contributed by atoms with Gasteiger partial charge in [-0.25, -0.2) is 4.98 Å². The fourth-order valence-corrected chi connectivity index (χ4v) is 3.19. The van der Waals surface area contributed by atoms with Crippen molar-refractivity contribution in [1.82, 2.24) is 9.55 Å². The number of aromatic nitrogens is 2. The number of hydrogen-bond donors (Lipinski definition) is 1. The number of fused-ring (bicyclic) bond motifs is 1. The third kappa shape index (κ3) is 2.41. The summed E-state index contributed by atoms with van der Waals surface area (Å²) < 4.78 is 3.00. The number of benzene rings is 1. The summed E-state index contributed by atoms with van der Waals surface area (Å²) in [6.07, 6.45) is 4.00. The van der Waals surface area contributed by atoms with Gasteiger partial charge in [0.1, 0.15) is 10.5 Å². The Labute approximate surface area is 123 Å². The van der Waals surface area contributed by atoms with Gasteiger partial charge in [-0.2, -0.15) is 0 Å². The van der Waals surface area contributed by atoms with Gasteiger partial charge < -0.3 is 9.67 Å². The van der Waals surface area contributed by atoms with Crippen LogP contribution in [-0.4, -0.2) is 21.3 Å². The van der Waals surface area contributed by atoms with E-state index >= 15 is 0 Å².